The highest BCUT2D eigenvalue weighted by Gasteiger charge is 2.79. The number of halogens is 9. The van der Waals surface area contributed by atoms with E-state index in [0.717, 1.165) is 0 Å². The quantitative estimate of drug-likeness (QED) is 0.122. The van der Waals surface area contributed by atoms with Gasteiger partial charge < -0.3 is 19.0 Å². The van der Waals surface area contributed by atoms with E-state index in [4.69, 9.17) is 14.2 Å². The van der Waals surface area contributed by atoms with Crippen molar-refractivity contribution < 1.29 is 72.9 Å². The summed E-state index contributed by atoms with van der Waals surface area (Å²) in [6, 6.07) is 0.466. The zero-order valence-corrected chi connectivity index (χ0v) is 35.1. The van der Waals surface area contributed by atoms with E-state index >= 15 is 39.5 Å². The van der Waals surface area contributed by atoms with Crippen LogP contribution in [0.1, 0.15) is 111 Å². The minimum atomic E-state index is -2.55. The highest BCUT2D eigenvalue weighted by Crippen LogP contribution is 2.81. The van der Waals surface area contributed by atoms with Crippen LogP contribution < -0.4 is 16.0 Å². The van der Waals surface area contributed by atoms with Gasteiger partial charge in [-0.25, -0.2) is 53.9 Å². The fourth-order valence-corrected chi connectivity index (χ4v) is 10.1. The number of carbonyl (C=O) groups excluding carboxylic acids is 4. The SMILES string of the molecule is CC(C)(C)OC(=O)Nc1c(F)cc(F)c(C23CC4(C=O)CC(c5c(F)cc(F)c(NC(=O)OC(C)(C)C)c5F)(C2)C(c2c(F)cc(F)c(NC(=O)OC(C)(C)C)c2F)(C4)C3)c1F. The van der Waals surface area contributed by atoms with Gasteiger partial charge in [-0.05, 0) is 94.4 Å². The first-order valence-corrected chi connectivity index (χ1v) is 19.3. The average molecular weight is 886 g/mol. The maximum absolute atomic E-state index is 17.3. The van der Waals surface area contributed by atoms with Crippen molar-refractivity contribution in [1.82, 2.24) is 0 Å². The molecule has 0 aromatic heterocycles. The van der Waals surface area contributed by atoms with Crippen LogP contribution in [0.5, 0.6) is 0 Å². The van der Waals surface area contributed by atoms with Crippen LogP contribution >= 0.6 is 0 Å². The molecule has 4 saturated carbocycles. The molecule has 4 aliphatic carbocycles. The zero-order chi connectivity index (χ0) is 46.5. The lowest BCUT2D eigenvalue weighted by atomic mass is 9.56. The van der Waals surface area contributed by atoms with Crippen LogP contribution in [0.4, 0.5) is 71.0 Å². The molecule has 0 radical (unpaired) electrons. The van der Waals surface area contributed by atoms with E-state index in [9.17, 15) is 19.2 Å². The van der Waals surface area contributed by atoms with Crippen LogP contribution in [0.25, 0.3) is 0 Å². The number of hydrogen-bond acceptors (Lipinski definition) is 7. The fourth-order valence-electron chi connectivity index (χ4n) is 10.1. The summed E-state index contributed by atoms with van der Waals surface area (Å²) in [5.41, 5.74) is -20.3. The third kappa shape index (κ3) is 7.79. The number of benzene rings is 3. The summed E-state index contributed by atoms with van der Waals surface area (Å²) < 4.78 is 163. The first-order valence-electron chi connectivity index (χ1n) is 19.3. The van der Waals surface area contributed by atoms with Gasteiger partial charge in [0.2, 0.25) is 0 Å². The Morgan fingerprint density at radius 2 is 0.774 bits per heavy atom. The van der Waals surface area contributed by atoms with Crippen molar-refractivity contribution in [2.24, 2.45) is 5.41 Å². The predicted molar refractivity (Wildman–Crippen MR) is 205 cm³/mol. The number of anilines is 3. The van der Waals surface area contributed by atoms with Gasteiger partial charge in [-0.15, -0.1) is 0 Å². The molecule has 10 nitrogen and oxygen atoms in total. The van der Waals surface area contributed by atoms with Crippen molar-refractivity contribution in [2.45, 2.75) is 127 Å². The second-order valence-electron chi connectivity index (χ2n) is 19.4. The molecule has 0 saturated heterocycles. The van der Waals surface area contributed by atoms with E-state index in [0.29, 0.717) is 0 Å². The van der Waals surface area contributed by atoms with Gasteiger partial charge in [-0.1, -0.05) is 0 Å². The third-order valence-electron chi connectivity index (χ3n) is 11.3. The van der Waals surface area contributed by atoms with Gasteiger partial charge in [0.15, 0.2) is 34.9 Å². The Labute approximate surface area is 350 Å². The minimum absolute atomic E-state index is 0.141. The largest absolute Gasteiger partial charge is 0.444 e. The first-order chi connectivity index (χ1) is 28.3. The summed E-state index contributed by atoms with van der Waals surface area (Å²) in [7, 11) is 0. The molecule has 62 heavy (non-hydrogen) atoms. The molecule has 0 aliphatic heterocycles. The lowest BCUT2D eigenvalue weighted by molar-refractivity contribution is -0.119. The topological polar surface area (TPSA) is 132 Å². The molecule has 4 aliphatic rings. The Bertz CT molecular complexity index is 2320. The first kappa shape index (κ1) is 46.0. The number of amides is 3. The monoisotopic (exact) mass is 885 g/mol. The molecule has 3 aromatic rings. The fraction of sp³-hybridized carbons (Fsp3) is 0.488. The van der Waals surface area contributed by atoms with Crippen LogP contribution in [0.3, 0.4) is 0 Å². The molecule has 2 unspecified atom stereocenters. The minimum Gasteiger partial charge on any atom is -0.444 e. The predicted octanol–water partition coefficient (Wildman–Crippen LogP) is 11.3. The average Bonchev–Trinajstić information content (AvgIpc) is 3.39. The second kappa shape index (κ2) is 14.8. The number of rotatable bonds is 7. The Hall–Kier alpha value is -5.49. The molecule has 0 heterocycles. The Morgan fingerprint density at radius 3 is 1.06 bits per heavy atom. The van der Waals surface area contributed by atoms with Crippen LogP contribution in [-0.2, 0) is 35.3 Å². The summed E-state index contributed by atoms with van der Waals surface area (Å²) in [5.74, 6) is -15.6. The maximum atomic E-state index is 17.3. The van der Waals surface area contributed by atoms with Crippen LogP contribution in [0.2, 0.25) is 0 Å². The summed E-state index contributed by atoms with van der Waals surface area (Å²) >= 11 is 0. The van der Waals surface area contributed by atoms with Crippen LogP contribution in [0.15, 0.2) is 18.2 Å². The van der Waals surface area contributed by atoms with Crippen molar-refractivity contribution in [1.29, 1.82) is 0 Å². The summed E-state index contributed by atoms with van der Waals surface area (Å²) in [5, 5.41) is 5.62. The molecular formula is C43H44F9N3O7. The molecule has 4 bridgehead atoms. The molecule has 3 aromatic carbocycles. The molecule has 336 valence electrons. The van der Waals surface area contributed by atoms with Gasteiger partial charge in [0, 0.05) is 56.5 Å². The number of nitrogens with one attached hydrogen (secondary N) is 3. The van der Waals surface area contributed by atoms with Gasteiger partial charge in [-0.3, -0.25) is 16.0 Å². The molecule has 3 N–H and O–H groups in total. The van der Waals surface area contributed by atoms with Gasteiger partial charge in [0.05, 0.1) is 0 Å². The summed E-state index contributed by atoms with van der Waals surface area (Å²) in [6.07, 6.45) is -7.81. The Balaban J connectivity index is 1.69. The molecule has 3 amide bonds. The standard InChI is InChI=1S/C43H44F9N3O7/c1-37(2,3)60-34(57)53-31-22(47)10-19(44)25(28(31)50)41-13-40(18-56)14-42(16-41,26-20(45)11-23(48)32(29(26)51)54-35(58)61-38(4,5)6)43(15-40,17-41)27-21(46)12-24(49)33(30(27)52)55-36(59)62-39(7,8)9/h10-12,18H,13-17H2,1-9H3,(H,53,57)(H,54,58)(H,55,59). The smallest absolute Gasteiger partial charge is 0.412 e. The molecule has 19 heteroatoms. The number of ether oxygens (including phenoxy) is 3. The summed E-state index contributed by atoms with van der Waals surface area (Å²) in [6.45, 7) is 12.8. The molecular weight excluding hydrogens is 841 g/mol. The Morgan fingerprint density at radius 1 is 0.484 bits per heavy atom. The highest BCUT2D eigenvalue weighted by atomic mass is 19.2. The van der Waals surface area contributed by atoms with E-state index < -0.39 is 175 Å². The zero-order valence-electron chi connectivity index (χ0n) is 35.1. The van der Waals surface area contributed by atoms with Crippen LogP contribution in [0, 0.1) is 57.8 Å². The maximum Gasteiger partial charge on any atom is 0.412 e. The number of carbonyl (C=O) groups is 4. The normalized spacial score (nSPS) is 24.2. The lowest BCUT2D eigenvalue weighted by Crippen LogP contribution is -2.44. The van der Waals surface area contributed by atoms with E-state index in [2.05, 4.69) is 0 Å². The third-order valence-corrected chi connectivity index (χ3v) is 11.3. The van der Waals surface area contributed by atoms with Crippen LogP contribution in [-0.4, -0.2) is 41.4 Å². The highest BCUT2D eigenvalue weighted by molar-refractivity contribution is 5.87. The van der Waals surface area contributed by atoms with E-state index in [1.807, 2.05) is 16.0 Å². The van der Waals surface area contributed by atoms with Gasteiger partial charge in [0.1, 0.15) is 57.6 Å². The number of aldehydes is 1. The van der Waals surface area contributed by atoms with Crippen molar-refractivity contribution in [3.63, 3.8) is 0 Å². The van der Waals surface area contributed by atoms with Gasteiger partial charge in [-0.2, -0.15) is 0 Å². The van der Waals surface area contributed by atoms with Gasteiger partial charge in [0.25, 0.3) is 0 Å². The molecule has 0 spiro atoms. The van der Waals surface area contributed by atoms with Crippen molar-refractivity contribution >= 4 is 41.6 Å². The summed E-state index contributed by atoms with van der Waals surface area (Å²) in [4.78, 5) is 51.8. The number of hydrogen-bond donors (Lipinski definition) is 3. The second-order valence-corrected chi connectivity index (χ2v) is 19.4. The molecule has 2 atom stereocenters. The Kier molecular flexibility index (Phi) is 11.0. The molecule has 7 rings (SSSR count). The van der Waals surface area contributed by atoms with Gasteiger partial charge >= 0.3 is 18.3 Å². The lowest BCUT2D eigenvalue weighted by Gasteiger charge is -2.46. The molecule has 4 fully saturated rings. The van der Waals surface area contributed by atoms with E-state index in [1.54, 1.807) is 0 Å². The van der Waals surface area contributed by atoms with Crippen molar-refractivity contribution in [3.8, 4) is 0 Å². The van der Waals surface area contributed by atoms with Crippen molar-refractivity contribution in [2.75, 3.05) is 16.0 Å². The van der Waals surface area contributed by atoms with E-state index in [1.165, 1.54) is 62.3 Å². The van der Waals surface area contributed by atoms with E-state index in [-0.39, 0.29) is 24.5 Å². The van der Waals surface area contributed by atoms with Crippen molar-refractivity contribution in [3.05, 3.63) is 87.2 Å².